The molecular formula is C16H25NO2S. The second-order valence-electron chi connectivity index (χ2n) is 6.14. The van der Waals surface area contributed by atoms with E-state index < -0.39 is 0 Å². The fraction of sp³-hybridized carbons (Fsp3) is 0.750. The van der Waals surface area contributed by atoms with E-state index in [1.807, 2.05) is 6.07 Å². The molecule has 2 fully saturated rings. The number of aliphatic hydroxyl groups is 1. The van der Waals surface area contributed by atoms with Crippen LogP contribution in [0.4, 0.5) is 0 Å². The smallest absolute Gasteiger partial charge is 0.0900 e. The van der Waals surface area contributed by atoms with E-state index in [1.165, 1.54) is 37.0 Å². The van der Waals surface area contributed by atoms with E-state index in [0.29, 0.717) is 13.2 Å². The maximum Gasteiger partial charge on any atom is 0.0900 e. The number of fused-ring (bicyclic) bond motifs is 1. The van der Waals surface area contributed by atoms with Gasteiger partial charge in [0.2, 0.25) is 0 Å². The lowest BCUT2D eigenvalue weighted by atomic mass is 9.85. The summed E-state index contributed by atoms with van der Waals surface area (Å²) in [4.78, 5) is 3.73. The molecule has 1 aliphatic heterocycles. The summed E-state index contributed by atoms with van der Waals surface area (Å²) in [5.41, 5.74) is 0. The molecule has 20 heavy (non-hydrogen) atoms. The van der Waals surface area contributed by atoms with Crippen LogP contribution in [0.3, 0.4) is 0 Å². The molecule has 1 aliphatic carbocycles. The first kappa shape index (κ1) is 14.5. The predicted molar refractivity (Wildman–Crippen MR) is 81.9 cm³/mol. The highest BCUT2D eigenvalue weighted by molar-refractivity contribution is 7.09. The minimum atomic E-state index is -0.351. The Kier molecular flexibility index (Phi) is 5.10. The molecule has 0 amide bonds. The Labute approximate surface area is 125 Å². The minimum Gasteiger partial charge on any atom is -0.389 e. The average molecular weight is 295 g/mol. The number of likely N-dealkylation sites (tertiary alicyclic amines) is 1. The van der Waals surface area contributed by atoms with E-state index in [9.17, 15) is 5.11 Å². The molecule has 0 aromatic carbocycles. The summed E-state index contributed by atoms with van der Waals surface area (Å²) in [5, 5.41) is 12.2. The van der Waals surface area contributed by atoms with E-state index in [1.54, 1.807) is 11.3 Å². The van der Waals surface area contributed by atoms with Gasteiger partial charge in [-0.1, -0.05) is 18.9 Å². The van der Waals surface area contributed by atoms with E-state index >= 15 is 0 Å². The molecule has 1 saturated heterocycles. The molecule has 4 heteroatoms. The van der Waals surface area contributed by atoms with Crippen molar-refractivity contribution in [2.75, 3.05) is 19.7 Å². The van der Waals surface area contributed by atoms with Crippen molar-refractivity contribution in [2.24, 2.45) is 5.92 Å². The van der Waals surface area contributed by atoms with Gasteiger partial charge in [-0.2, -0.15) is 0 Å². The molecule has 1 aromatic heterocycles. The highest BCUT2D eigenvalue weighted by Crippen LogP contribution is 2.36. The van der Waals surface area contributed by atoms with Crippen LogP contribution in [0.1, 0.15) is 37.0 Å². The summed E-state index contributed by atoms with van der Waals surface area (Å²) < 4.78 is 5.62. The van der Waals surface area contributed by atoms with Crippen molar-refractivity contribution in [1.82, 2.24) is 4.90 Å². The second kappa shape index (κ2) is 7.03. The van der Waals surface area contributed by atoms with Gasteiger partial charge in [0.25, 0.3) is 0 Å². The fourth-order valence-electron chi connectivity index (χ4n) is 3.74. The Balaban J connectivity index is 1.39. The lowest BCUT2D eigenvalue weighted by molar-refractivity contribution is 0.00501. The topological polar surface area (TPSA) is 32.7 Å². The monoisotopic (exact) mass is 295 g/mol. The third-order valence-corrected chi connectivity index (χ3v) is 5.55. The Morgan fingerprint density at radius 3 is 3.10 bits per heavy atom. The molecule has 1 saturated carbocycles. The van der Waals surface area contributed by atoms with Crippen molar-refractivity contribution in [2.45, 2.75) is 50.9 Å². The Morgan fingerprint density at radius 1 is 1.35 bits per heavy atom. The average Bonchev–Trinajstić information content (AvgIpc) is 3.09. The summed E-state index contributed by atoms with van der Waals surface area (Å²) in [6, 6.07) is 4.84. The molecule has 0 radical (unpaired) electrons. The van der Waals surface area contributed by atoms with Gasteiger partial charge >= 0.3 is 0 Å². The molecule has 3 nitrogen and oxygen atoms in total. The number of nitrogens with zero attached hydrogens (tertiary/aromatic N) is 1. The van der Waals surface area contributed by atoms with Gasteiger partial charge < -0.3 is 9.84 Å². The molecule has 2 heterocycles. The summed E-state index contributed by atoms with van der Waals surface area (Å²) in [7, 11) is 0. The summed E-state index contributed by atoms with van der Waals surface area (Å²) in [6.07, 6.45) is 6.47. The van der Waals surface area contributed by atoms with Gasteiger partial charge in [-0.05, 0) is 43.2 Å². The maximum absolute atomic E-state index is 10.2. The first-order valence-corrected chi connectivity index (χ1v) is 8.73. The van der Waals surface area contributed by atoms with Gasteiger partial charge in [-0.3, -0.25) is 4.90 Å². The van der Waals surface area contributed by atoms with E-state index in [2.05, 4.69) is 16.3 Å². The number of ether oxygens (including phenoxy) is 1. The third-order valence-electron chi connectivity index (χ3n) is 4.70. The zero-order valence-corrected chi connectivity index (χ0v) is 12.9. The van der Waals surface area contributed by atoms with Crippen molar-refractivity contribution < 1.29 is 9.84 Å². The molecule has 1 aromatic rings. The number of aliphatic hydroxyl groups excluding tert-OH is 1. The fourth-order valence-corrected chi connectivity index (χ4v) is 4.38. The Bertz CT molecular complexity index is 395. The van der Waals surface area contributed by atoms with Gasteiger partial charge in [0.05, 0.1) is 19.3 Å². The van der Waals surface area contributed by atoms with Gasteiger partial charge in [-0.15, -0.1) is 11.3 Å². The number of hydrogen-bond acceptors (Lipinski definition) is 4. The van der Waals surface area contributed by atoms with Crippen molar-refractivity contribution >= 4 is 11.3 Å². The molecule has 3 atom stereocenters. The largest absolute Gasteiger partial charge is 0.389 e. The quantitative estimate of drug-likeness (QED) is 0.876. The summed E-state index contributed by atoms with van der Waals surface area (Å²) in [5.74, 6) is 0.892. The van der Waals surface area contributed by atoms with Gasteiger partial charge in [-0.25, -0.2) is 0 Å². The Morgan fingerprint density at radius 2 is 2.25 bits per heavy atom. The first-order chi connectivity index (χ1) is 9.83. The molecule has 0 bridgehead atoms. The molecular weight excluding hydrogens is 270 g/mol. The lowest BCUT2D eigenvalue weighted by Gasteiger charge is -2.32. The van der Waals surface area contributed by atoms with Gasteiger partial charge in [0.1, 0.15) is 0 Å². The van der Waals surface area contributed by atoms with Crippen LogP contribution in [0.15, 0.2) is 17.5 Å². The Hall–Kier alpha value is -0.420. The van der Waals surface area contributed by atoms with Crippen molar-refractivity contribution in [1.29, 1.82) is 0 Å². The van der Waals surface area contributed by atoms with Crippen LogP contribution < -0.4 is 0 Å². The summed E-state index contributed by atoms with van der Waals surface area (Å²) >= 11 is 1.71. The molecule has 112 valence electrons. The first-order valence-electron chi connectivity index (χ1n) is 7.85. The molecule has 0 spiro atoms. The standard InChI is InChI=1S/C16H25NO2S/c18-14(11-19-12-15-5-3-9-20-15)10-17-8-7-13-4-1-2-6-16(13)17/h3,5,9,13-14,16,18H,1-2,4,6-8,10-12H2. The van der Waals surface area contributed by atoms with Crippen molar-refractivity contribution in [3.05, 3.63) is 22.4 Å². The van der Waals surface area contributed by atoms with Crippen LogP contribution in [0.2, 0.25) is 0 Å². The molecule has 3 rings (SSSR count). The van der Waals surface area contributed by atoms with Crippen LogP contribution in [0, 0.1) is 5.92 Å². The SMILES string of the molecule is OC(COCc1cccs1)CN1CCC2CCCCC21. The van der Waals surface area contributed by atoms with Crippen LogP contribution in [0.25, 0.3) is 0 Å². The highest BCUT2D eigenvalue weighted by Gasteiger charge is 2.36. The number of rotatable bonds is 6. The molecule has 3 unspecified atom stereocenters. The van der Waals surface area contributed by atoms with Crippen LogP contribution in [-0.4, -0.2) is 41.8 Å². The third kappa shape index (κ3) is 3.61. The number of hydrogen-bond donors (Lipinski definition) is 1. The van der Waals surface area contributed by atoms with Crippen molar-refractivity contribution in [3.8, 4) is 0 Å². The van der Waals surface area contributed by atoms with E-state index in [4.69, 9.17) is 4.74 Å². The van der Waals surface area contributed by atoms with Crippen LogP contribution in [0.5, 0.6) is 0 Å². The molecule has 2 aliphatic rings. The number of thiophene rings is 1. The normalized spacial score (nSPS) is 28.4. The predicted octanol–water partition coefficient (Wildman–Crippen LogP) is 2.89. The zero-order chi connectivity index (χ0) is 13.8. The zero-order valence-electron chi connectivity index (χ0n) is 12.0. The van der Waals surface area contributed by atoms with Gasteiger partial charge in [0.15, 0.2) is 0 Å². The minimum absolute atomic E-state index is 0.351. The van der Waals surface area contributed by atoms with E-state index in [0.717, 1.165) is 25.0 Å². The van der Waals surface area contributed by atoms with Crippen LogP contribution >= 0.6 is 11.3 Å². The molecule has 1 N–H and O–H groups in total. The summed E-state index contributed by atoms with van der Waals surface area (Å²) in [6.45, 7) is 3.02. The second-order valence-corrected chi connectivity index (χ2v) is 7.18. The highest BCUT2D eigenvalue weighted by atomic mass is 32.1. The lowest BCUT2D eigenvalue weighted by Crippen LogP contribution is -2.40. The van der Waals surface area contributed by atoms with Crippen molar-refractivity contribution in [3.63, 3.8) is 0 Å². The van der Waals surface area contributed by atoms with Gasteiger partial charge in [0, 0.05) is 17.5 Å². The van der Waals surface area contributed by atoms with Crippen LogP contribution in [-0.2, 0) is 11.3 Å². The number of β-amino-alcohol motifs (C(OH)–C–C–N with tert-alkyl or cyclic N) is 1. The maximum atomic E-state index is 10.2. The van der Waals surface area contributed by atoms with E-state index in [-0.39, 0.29) is 6.10 Å².